The highest BCUT2D eigenvalue weighted by molar-refractivity contribution is 5.92. The fraction of sp³-hybridized carbons (Fsp3) is 0.276. The van der Waals surface area contributed by atoms with E-state index in [-0.39, 0.29) is 17.9 Å². The highest BCUT2D eigenvalue weighted by Crippen LogP contribution is 2.43. The molecule has 4 nitrogen and oxygen atoms in total. The first kappa shape index (κ1) is 22.4. The molecule has 5 rings (SSSR count). The average Bonchev–Trinajstić information content (AvgIpc) is 3.72. The molecule has 1 unspecified atom stereocenters. The van der Waals surface area contributed by atoms with Crippen molar-refractivity contribution in [2.24, 2.45) is 5.92 Å². The maximum absolute atomic E-state index is 14.4. The molecular formula is C29H27FO4. The molecule has 1 aliphatic carbocycles. The Morgan fingerprint density at radius 2 is 1.79 bits per heavy atom. The molecule has 1 aliphatic heterocycles. The lowest BCUT2D eigenvalue weighted by Crippen LogP contribution is -2.16. The van der Waals surface area contributed by atoms with Gasteiger partial charge in [-0.25, -0.2) is 9.18 Å². The van der Waals surface area contributed by atoms with Gasteiger partial charge < -0.3 is 14.2 Å². The lowest BCUT2D eigenvalue weighted by Gasteiger charge is -2.26. The standard InChI is InChI=1S/C29H27FO4/c1-32-24-11-12-27(30)26(15-24)19-5-7-20(8-6-19)28-14-23-13-21(9-10-22(23)17-34-28)25(18-3-4-18)16-29(31)33-2/h5-13,15-16,18,28H,3-4,14,17H2,1-2H3/b25-16-. The van der Waals surface area contributed by atoms with Gasteiger partial charge in [0.25, 0.3) is 0 Å². The first-order chi connectivity index (χ1) is 16.6. The summed E-state index contributed by atoms with van der Waals surface area (Å²) in [6.45, 7) is 0.534. The van der Waals surface area contributed by atoms with Crippen molar-refractivity contribution >= 4 is 11.5 Å². The molecule has 1 heterocycles. The molecule has 0 aromatic heterocycles. The van der Waals surface area contributed by atoms with E-state index in [0.717, 1.165) is 41.5 Å². The summed E-state index contributed by atoms with van der Waals surface area (Å²) in [4.78, 5) is 11.9. The van der Waals surface area contributed by atoms with Crippen LogP contribution in [0.1, 0.15) is 41.2 Å². The number of carbonyl (C=O) groups excluding carboxylic acids is 1. The Hall–Kier alpha value is -3.44. The summed E-state index contributed by atoms with van der Waals surface area (Å²) in [5, 5.41) is 0. The van der Waals surface area contributed by atoms with E-state index >= 15 is 0 Å². The molecular weight excluding hydrogens is 431 g/mol. The van der Waals surface area contributed by atoms with Gasteiger partial charge in [0.05, 0.1) is 26.9 Å². The van der Waals surface area contributed by atoms with Crippen molar-refractivity contribution in [2.75, 3.05) is 14.2 Å². The molecule has 5 heteroatoms. The summed E-state index contributed by atoms with van der Waals surface area (Å²) < 4.78 is 30.6. The van der Waals surface area contributed by atoms with Crippen molar-refractivity contribution in [3.8, 4) is 16.9 Å². The first-order valence-corrected chi connectivity index (χ1v) is 11.5. The second-order valence-corrected chi connectivity index (χ2v) is 8.85. The summed E-state index contributed by atoms with van der Waals surface area (Å²) in [5.74, 6) is 0.455. The van der Waals surface area contributed by atoms with E-state index in [1.165, 1.54) is 24.3 Å². The predicted molar refractivity (Wildman–Crippen MR) is 129 cm³/mol. The smallest absolute Gasteiger partial charge is 0.330 e. The van der Waals surface area contributed by atoms with Crippen LogP contribution in [0.2, 0.25) is 0 Å². The number of fused-ring (bicyclic) bond motifs is 1. The maximum atomic E-state index is 14.4. The minimum Gasteiger partial charge on any atom is -0.497 e. The van der Waals surface area contributed by atoms with Crippen LogP contribution in [0, 0.1) is 11.7 Å². The summed E-state index contributed by atoms with van der Waals surface area (Å²) in [6, 6.07) is 19.0. The molecule has 0 amide bonds. The van der Waals surface area contributed by atoms with Crippen LogP contribution in [-0.4, -0.2) is 20.2 Å². The number of allylic oxidation sites excluding steroid dienone is 1. The van der Waals surface area contributed by atoms with Crippen molar-refractivity contribution in [1.82, 2.24) is 0 Å². The Morgan fingerprint density at radius 3 is 2.50 bits per heavy atom. The van der Waals surface area contributed by atoms with Crippen LogP contribution in [0.4, 0.5) is 4.39 Å². The van der Waals surface area contributed by atoms with E-state index in [1.54, 1.807) is 25.3 Å². The lowest BCUT2D eigenvalue weighted by atomic mass is 9.90. The quantitative estimate of drug-likeness (QED) is 0.322. The highest BCUT2D eigenvalue weighted by Gasteiger charge is 2.29. The van der Waals surface area contributed by atoms with Gasteiger partial charge in [0.2, 0.25) is 0 Å². The third kappa shape index (κ3) is 4.62. The SMILES string of the molecule is COC(=O)/C=C(\c1ccc2c(c1)CC(c1ccc(-c3cc(OC)ccc3F)cc1)OC2)C1CC1. The van der Waals surface area contributed by atoms with Gasteiger partial charge >= 0.3 is 5.97 Å². The van der Waals surface area contributed by atoms with Crippen molar-refractivity contribution < 1.29 is 23.4 Å². The molecule has 0 radical (unpaired) electrons. The number of benzene rings is 3. The molecule has 174 valence electrons. The second-order valence-electron chi connectivity index (χ2n) is 8.85. The van der Waals surface area contributed by atoms with Gasteiger partial charge in [-0.2, -0.15) is 0 Å². The number of hydrogen-bond donors (Lipinski definition) is 0. The zero-order valence-corrected chi connectivity index (χ0v) is 19.3. The zero-order chi connectivity index (χ0) is 23.7. The Kier molecular flexibility index (Phi) is 6.20. The normalized spacial score (nSPS) is 17.7. The van der Waals surface area contributed by atoms with Crippen LogP contribution in [0.5, 0.6) is 5.75 Å². The molecule has 3 aromatic carbocycles. The molecule has 1 fully saturated rings. The van der Waals surface area contributed by atoms with Gasteiger partial charge in [0, 0.05) is 18.1 Å². The molecule has 0 N–H and O–H groups in total. The molecule has 1 atom stereocenters. The highest BCUT2D eigenvalue weighted by atomic mass is 19.1. The van der Waals surface area contributed by atoms with E-state index in [0.29, 0.717) is 23.8 Å². The third-order valence-corrected chi connectivity index (χ3v) is 6.64. The number of carbonyl (C=O) groups is 1. The second kappa shape index (κ2) is 9.43. The van der Waals surface area contributed by atoms with Crippen LogP contribution in [-0.2, 0) is 27.3 Å². The molecule has 2 aliphatic rings. The van der Waals surface area contributed by atoms with E-state index < -0.39 is 0 Å². The van der Waals surface area contributed by atoms with Crippen molar-refractivity contribution in [3.63, 3.8) is 0 Å². The largest absolute Gasteiger partial charge is 0.497 e. The van der Waals surface area contributed by atoms with Crippen LogP contribution < -0.4 is 4.74 Å². The third-order valence-electron chi connectivity index (χ3n) is 6.64. The molecule has 0 saturated heterocycles. The van der Waals surface area contributed by atoms with Gasteiger partial charge in [-0.1, -0.05) is 42.5 Å². The van der Waals surface area contributed by atoms with Crippen molar-refractivity contribution in [2.45, 2.75) is 32.0 Å². The van der Waals surface area contributed by atoms with E-state index in [9.17, 15) is 9.18 Å². The fourth-order valence-corrected chi connectivity index (χ4v) is 4.55. The van der Waals surface area contributed by atoms with Gasteiger partial charge in [0.1, 0.15) is 11.6 Å². The van der Waals surface area contributed by atoms with Crippen LogP contribution in [0.25, 0.3) is 16.7 Å². The molecule has 1 saturated carbocycles. The van der Waals surface area contributed by atoms with E-state index in [2.05, 4.69) is 18.2 Å². The molecule has 34 heavy (non-hydrogen) atoms. The fourth-order valence-electron chi connectivity index (χ4n) is 4.55. The minimum absolute atomic E-state index is 0.0825. The summed E-state index contributed by atoms with van der Waals surface area (Å²) in [6.07, 6.45) is 4.50. The number of esters is 1. The number of rotatable bonds is 6. The Labute approximate surface area is 199 Å². The maximum Gasteiger partial charge on any atom is 0.330 e. The monoisotopic (exact) mass is 458 g/mol. The minimum atomic E-state index is -0.312. The lowest BCUT2D eigenvalue weighted by molar-refractivity contribution is -0.134. The Bertz CT molecular complexity index is 1240. The molecule has 0 bridgehead atoms. The molecule has 0 spiro atoms. The number of ether oxygens (including phenoxy) is 3. The van der Waals surface area contributed by atoms with Crippen LogP contribution >= 0.6 is 0 Å². The Balaban J connectivity index is 1.38. The van der Waals surface area contributed by atoms with Crippen molar-refractivity contribution in [1.29, 1.82) is 0 Å². The number of hydrogen-bond acceptors (Lipinski definition) is 4. The molecule has 3 aromatic rings. The van der Waals surface area contributed by atoms with Crippen LogP contribution in [0.3, 0.4) is 0 Å². The van der Waals surface area contributed by atoms with Gasteiger partial charge in [0.15, 0.2) is 0 Å². The predicted octanol–water partition coefficient (Wildman–Crippen LogP) is 6.28. The van der Waals surface area contributed by atoms with E-state index in [1.807, 2.05) is 24.3 Å². The number of halogens is 1. The average molecular weight is 459 g/mol. The summed E-state index contributed by atoms with van der Waals surface area (Å²) >= 11 is 0. The number of methoxy groups -OCH3 is 2. The first-order valence-electron chi connectivity index (χ1n) is 11.5. The summed E-state index contributed by atoms with van der Waals surface area (Å²) in [7, 11) is 2.98. The zero-order valence-electron chi connectivity index (χ0n) is 19.3. The summed E-state index contributed by atoms with van der Waals surface area (Å²) in [5.41, 5.74) is 6.89. The Morgan fingerprint density at radius 1 is 1.00 bits per heavy atom. The van der Waals surface area contributed by atoms with Gasteiger partial charge in [-0.15, -0.1) is 0 Å². The van der Waals surface area contributed by atoms with Gasteiger partial charge in [-0.05, 0) is 70.3 Å². The van der Waals surface area contributed by atoms with Crippen molar-refractivity contribution in [3.05, 3.63) is 94.8 Å². The van der Waals surface area contributed by atoms with Gasteiger partial charge in [-0.3, -0.25) is 0 Å². The topological polar surface area (TPSA) is 44.8 Å². The van der Waals surface area contributed by atoms with Crippen LogP contribution in [0.15, 0.2) is 66.7 Å². The van der Waals surface area contributed by atoms with E-state index in [4.69, 9.17) is 14.2 Å².